The maximum atomic E-state index is 13.0. The molecule has 0 spiro atoms. The summed E-state index contributed by atoms with van der Waals surface area (Å²) in [6.07, 6.45) is 4.46. The van der Waals surface area contributed by atoms with E-state index in [2.05, 4.69) is 5.32 Å². The summed E-state index contributed by atoms with van der Waals surface area (Å²) in [6, 6.07) is 11.8. The van der Waals surface area contributed by atoms with Gasteiger partial charge in [-0.05, 0) is 55.3 Å². The van der Waals surface area contributed by atoms with Crippen molar-refractivity contribution in [2.45, 2.75) is 37.8 Å². The molecule has 2 aromatic rings. The van der Waals surface area contributed by atoms with E-state index in [1.807, 2.05) is 4.90 Å². The average Bonchev–Trinajstić information content (AvgIpc) is 2.73. The van der Waals surface area contributed by atoms with Crippen LogP contribution in [-0.2, 0) is 4.74 Å². The number of rotatable bonds is 3. The van der Waals surface area contributed by atoms with Crippen molar-refractivity contribution >= 4 is 40.7 Å². The fraction of sp³-hybridized carbons (Fsp3) is 0.364. The molecule has 4 rings (SSSR count). The summed E-state index contributed by atoms with van der Waals surface area (Å²) < 4.78 is 5.86. The monoisotopic (exact) mass is 432 g/mol. The number of carbonyl (C=O) groups excluding carboxylic acids is 2. The van der Waals surface area contributed by atoms with Crippen molar-refractivity contribution < 1.29 is 14.3 Å². The van der Waals surface area contributed by atoms with Gasteiger partial charge in [-0.25, -0.2) is 0 Å². The molecule has 1 aliphatic heterocycles. The number of anilines is 1. The molecule has 1 aliphatic carbocycles. The van der Waals surface area contributed by atoms with Gasteiger partial charge in [-0.1, -0.05) is 36.0 Å². The number of fused-ring (bicyclic) bond motifs is 1. The van der Waals surface area contributed by atoms with E-state index in [1.54, 1.807) is 36.4 Å². The summed E-state index contributed by atoms with van der Waals surface area (Å²) in [5.41, 5.74) is 1.54. The lowest BCUT2D eigenvalue weighted by Crippen LogP contribution is -2.54. The average molecular weight is 433 g/mol. The highest BCUT2D eigenvalue weighted by atomic mass is 35.5. The minimum absolute atomic E-state index is 0.0174. The molecule has 0 unspecified atom stereocenters. The molecular formula is C22H22Cl2N2O3. The molecule has 0 bridgehead atoms. The van der Waals surface area contributed by atoms with Gasteiger partial charge in [0.05, 0.1) is 29.3 Å². The van der Waals surface area contributed by atoms with Gasteiger partial charge in [-0.15, -0.1) is 0 Å². The third kappa shape index (κ3) is 4.42. The predicted molar refractivity (Wildman–Crippen MR) is 114 cm³/mol. The van der Waals surface area contributed by atoms with Crippen molar-refractivity contribution in [3.8, 4) is 0 Å². The van der Waals surface area contributed by atoms with E-state index < -0.39 is 0 Å². The van der Waals surface area contributed by atoms with Gasteiger partial charge in [0.15, 0.2) is 0 Å². The van der Waals surface area contributed by atoms with E-state index in [-0.39, 0.29) is 29.0 Å². The van der Waals surface area contributed by atoms with Crippen molar-refractivity contribution in [1.82, 2.24) is 4.90 Å². The topological polar surface area (TPSA) is 58.6 Å². The molecule has 2 atom stereocenters. The van der Waals surface area contributed by atoms with E-state index in [9.17, 15) is 9.59 Å². The molecule has 0 radical (unpaired) electrons. The van der Waals surface area contributed by atoms with Gasteiger partial charge in [0.2, 0.25) is 0 Å². The van der Waals surface area contributed by atoms with Crippen molar-refractivity contribution in [3.05, 3.63) is 63.6 Å². The van der Waals surface area contributed by atoms with E-state index in [0.717, 1.165) is 25.7 Å². The number of nitrogens with zero attached hydrogens (tertiary/aromatic N) is 1. The minimum atomic E-state index is -0.330. The maximum Gasteiger partial charge on any atom is 0.257 e. The van der Waals surface area contributed by atoms with Crippen LogP contribution in [0.5, 0.6) is 0 Å². The Hall–Kier alpha value is -2.08. The molecule has 1 saturated heterocycles. The van der Waals surface area contributed by atoms with E-state index in [1.165, 1.54) is 6.07 Å². The molecule has 5 nitrogen and oxygen atoms in total. The van der Waals surface area contributed by atoms with Crippen LogP contribution in [0.3, 0.4) is 0 Å². The zero-order valence-corrected chi connectivity index (χ0v) is 17.4. The number of ether oxygens (including phenoxy) is 1. The first kappa shape index (κ1) is 20.2. The van der Waals surface area contributed by atoms with Crippen molar-refractivity contribution in [2.75, 3.05) is 18.5 Å². The number of amides is 2. The number of hydrogen-bond donors (Lipinski definition) is 1. The van der Waals surface area contributed by atoms with Crippen molar-refractivity contribution in [1.29, 1.82) is 0 Å². The number of morpholine rings is 1. The van der Waals surface area contributed by atoms with Gasteiger partial charge in [0.25, 0.3) is 11.8 Å². The second-order valence-corrected chi connectivity index (χ2v) is 8.26. The molecular weight excluding hydrogens is 411 g/mol. The Kier molecular flexibility index (Phi) is 6.09. The molecule has 152 valence electrons. The Balaban J connectivity index is 1.44. The lowest BCUT2D eigenvalue weighted by molar-refractivity contribution is -0.0752. The fourth-order valence-electron chi connectivity index (χ4n) is 4.08. The standard InChI is InChI=1S/C22H22Cl2N2O3/c23-15-7-10-17(18(24)13-15)21(27)25-16-8-5-14(6-9-16)22(28)26-11-12-29-20-4-2-1-3-19(20)26/h5-10,13,19-20H,1-4,11-12H2,(H,25,27)/t19-,20-/m0/s1. The van der Waals surface area contributed by atoms with Crippen LogP contribution in [-0.4, -0.2) is 42.0 Å². The van der Waals surface area contributed by atoms with Gasteiger partial charge in [0.1, 0.15) is 0 Å². The molecule has 1 heterocycles. The Labute approximate surface area is 179 Å². The number of carbonyl (C=O) groups is 2. The molecule has 7 heteroatoms. The molecule has 1 saturated carbocycles. The first-order chi connectivity index (χ1) is 14.0. The normalized spacial score (nSPS) is 21.4. The zero-order chi connectivity index (χ0) is 20.4. The largest absolute Gasteiger partial charge is 0.374 e. The number of benzene rings is 2. The van der Waals surface area contributed by atoms with Gasteiger partial charge in [-0.3, -0.25) is 9.59 Å². The van der Waals surface area contributed by atoms with Crippen LogP contribution in [0.4, 0.5) is 5.69 Å². The summed E-state index contributed by atoms with van der Waals surface area (Å²) in [6.45, 7) is 1.20. The van der Waals surface area contributed by atoms with Crippen LogP contribution in [0.2, 0.25) is 10.0 Å². The second-order valence-electron chi connectivity index (χ2n) is 7.42. The minimum Gasteiger partial charge on any atom is -0.374 e. The molecule has 2 aromatic carbocycles. The summed E-state index contributed by atoms with van der Waals surface area (Å²) in [5, 5.41) is 3.56. The van der Waals surface area contributed by atoms with E-state index >= 15 is 0 Å². The molecule has 0 aromatic heterocycles. The van der Waals surface area contributed by atoms with Gasteiger partial charge < -0.3 is 15.0 Å². The Morgan fingerprint density at radius 1 is 1.03 bits per heavy atom. The van der Waals surface area contributed by atoms with Gasteiger partial charge in [0, 0.05) is 22.8 Å². The smallest absolute Gasteiger partial charge is 0.257 e. The second kappa shape index (κ2) is 8.74. The lowest BCUT2D eigenvalue weighted by atomic mass is 9.89. The fourth-order valence-corrected chi connectivity index (χ4v) is 4.58. The van der Waals surface area contributed by atoms with E-state index in [4.69, 9.17) is 27.9 Å². The SMILES string of the molecule is O=C(Nc1ccc(C(=O)N2CCO[C@H]3CCCC[C@@H]32)cc1)c1ccc(Cl)cc1Cl. The highest BCUT2D eigenvalue weighted by Gasteiger charge is 2.36. The van der Waals surface area contributed by atoms with Crippen LogP contribution in [0.25, 0.3) is 0 Å². The highest BCUT2D eigenvalue weighted by molar-refractivity contribution is 6.37. The Morgan fingerprint density at radius 3 is 2.55 bits per heavy atom. The summed E-state index contributed by atoms with van der Waals surface area (Å²) >= 11 is 12.0. The van der Waals surface area contributed by atoms with Crippen LogP contribution in [0.1, 0.15) is 46.4 Å². The van der Waals surface area contributed by atoms with Gasteiger partial charge in [-0.2, -0.15) is 0 Å². The summed E-state index contributed by atoms with van der Waals surface area (Å²) in [4.78, 5) is 27.4. The number of hydrogen-bond acceptors (Lipinski definition) is 3. The first-order valence-corrected chi connectivity index (χ1v) is 10.6. The van der Waals surface area contributed by atoms with Crippen LogP contribution >= 0.6 is 23.2 Å². The Bertz CT molecular complexity index is 915. The molecule has 2 fully saturated rings. The lowest BCUT2D eigenvalue weighted by Gasteiger charge is -2.43. The van der Waals surface area contributed by atoms with E-state index in [0.29, 0.717) is 35.0 Å². The van der Waals surface area contributed by atoms with Crippen LogP contribution < -0.4 is 5.32 Å². The first-order valence-electron chi connectivity index (χ1n) is 9.82. The molecule has 1 N–H and O–H groups in total. The van der Waals surface area contributed by atoms with Gasteiger partial charge >= 0.3 is 0 Å². The Morgan fingerprint density at radius 2 is 1.79 bits per heavy atom. The predicted octanol–water partition coefficient (Wildman–Crippen LogP) is 5.03. The maximum absolute atomic E-state index is 13.0. The van der Waals surface area contributed by atoms with Crippen molar-refractivity contribution in [2.24, 2.45) is 0 Å². The van der Waals surface area contributed by atoms with Crippen LogP contribution in [0.15, 0.2) is 42.5 Å². The van der Waals surface area contributed by atoms with Crippen molar-refractivity contribution in [3.63, 3.8) is 0 Å². The molecule has 2 aliphatic rings. The number of halogens is 2. The highest BCUT2D eigenvalue weighted by Crippen LogP contribution is 2.29. The van der Waals surface area contributed by atoms with Crippen LogP contribution in [0, 0.1) is 0 Å². The molecule has 2 amide bonds. The third-order valence-electron chi connectivity index (χ3n) is 5.56. The third-order valence-corrected chi connectivity index (χ3v) is 6.11. The quantitative estimate of drug-likeness (QED) is 0.739. The zero-order valence-electron chi connectivity index (χ0n) is 15.9. The molecule has 29 heavy (non-hydrogen) atoms. The summed E-state index contributed by atoms with van der Waals surface area (Å²) in [7, 11) is 0. The number of nitrogens with one attached hydrogen (secondary N) is 1. The summed E-state index contributed by atoms with van der Waals surface area (Å²) in [5.74, 6) is -0.312.